The Balaban J connectivity index is 2.74. The first-order valence-corrected chi connectivity index (χ1v) is 3.07. The Morgan fingerprint density at radius 1 is 1.78 bits per heavy atom. The predicted octanol–water partition coefficient (Wildman–Crippen LogP) is 1.91. The molecule has 0 aromatic heterocycles. The Morgan fingerprint density at radius 2 is 2.44 bits per heavy atom. The van der Waals surface area contributed by atoms with Crippen LogP contribution < -0.4 is 5.32 Å². The molecule has 1 rings (SSSR count). The topological polar surface area (TPSA) is 12.0 Å². The van der Waals surface area contributed by atoms with Crippen LogP contribution in [0.1, 0.15) is 6.92 Å². The molecule has 0 amide bonds. The number of nitrogens with one attached hydrogen (secondary N) is 1. The van der Waals surface area contributed by atoms with E-state index < -0.39 is 0 Å². The normalized spacial score (nSPS) is 26.3. The van der Waals surface area contributed by atoms with E-state index in [1.807, 2.05) is 0 Å². The van der Waals surface area contributed by atoms with Crippen molar-refractivity contribution in [1.29, 1.82) is 0 Å². The predicted molar refractivity (Wildman–Crippen MR) is 35.7 cm³/mol. The zero-order chi connectivity index (χ0) is 6.85. The van der Waals surface area contributed by atoms with E-state index in [9.17, 15) is 4.39 Å². The fourth-order valence-electron chi connectivity index (χ4n) is 0.583. The van der Waals surface area contributed by atoms with Gasteiger partial charge in [0.25, 0.3) is 0 Å². The summed E-state index contributed by atoms with van der Waals surface area (Å²) in [5.41, 5.74) is 0. The number of dihydropyridines is 1. The highest BCUT2D eigenvalue weighted by Crippen LogP contribution is 2.15. The van der Waals surface area contributed by atoms with Crippen molar-refractivity contribution in [2.75, 3.05) is 0 Å². The van der Waals surface area contributed by atoms with Gasteiger partial charge < -0.3 is 5.32 Å². The number of rotatable bonds is 0. The summed E-state index contributed by atoms with van der Waals surface area (Å²) in [5, 5.41) is 3.15. The van der Waals surface area contributed by atoms with E-state index in [-0.39, 0.29) is 11.9 Å². The highest BCUT2D eigenvalue weighted by molar-refractivity contribution is 6.31. The Bertz CT molecular complexity index is 174. The van der Waals surface area contributed by atoms with E-state index >= 15 is 0 Å². The van der Waals surface area contributed by atoms with E-state index in [1.54, 1.807) is 13.1 Å². The second-order valence-electron chi connectivity index (χ2n) is 1.95. The minimum absolute atomic E-state index is 0.220. The van der Waals surface area contributed by atoms with Crippen molar-refractivity contribution in [2.24, 2.45) is 0 Å². The third-order valence-corrected chi connectivity index (χ3v) is 1.38. The largest absolute Gasteiger partial charge is 0.381 e. The van der Waals surface area contributed by atoms with Gasteiger partial charge in [0.15, 0.2) is 0 Å². The molecule has 9 heavy (non-hydrogen) atoms. The summed E-state index contributed by atoms with van der Waals surface area (Å²) in [5.74, 6) is -0.220. The summed E-state index contributed by atoms with van der Waals surface area (Å²) in [7, 11) is 0. The van der Waals surface area contributed by atoms with Gasteiger partial charge in [-0.05, 0) is 13.0 Å². The van der Waals surface area contributed by atoms with Crippen LogP contribution >= 0.6 is 11.6 Å². The molecule has 0 aromatic carbocycles. The molecular weight excluding hydrogens is 141 g/mol. The SMILES string of the molecule is CC1NC=C(Cl)C=C1F. The van der Waals surface area contributed by atoms with Crippen LogP contribution in [0, 0.1) is 0 Å². The molecule has 1 nitrogen and oxygen atoms in total. The first-order valence-electron chi connectivity index (χ1n) is 2.69. The molecule has 1 N–H and O–H groups in total. The van der Waals surface area contributed by atoms with Gasteiger partial charge in [-0.25, -0.2) is 4.39 Å². The van der Waals surface area contributed by atoms with Crippen molar-refractivity contribution in [3.05, 3.63) is 23.1 Å². The van der Waals surface area contributed by atoms with Crippen molar-refractivity contribution < 1.29 is 4.39 Å². The molecule has 0 saturated heterocycles. The van der Waals surface area contributed by atoms with E-state index in [0.717, 1.165) is 0 Å². The van der Waals surface area contributed by atoms with Crippen molar-refractivity contribution in [2.45, 2.75) is 13.0 Å². The van der Waals surface area contributed by atoms with Gasteiger partial charge in [-0.15, -0.1) is 0 Å². The fourth-order valence-corrected chi connectivity index (χ4v) is 0.750. The van der Waals surface area contributed by atoms with Crippen molar-refractivity contribution >= 4 is 11.6 Å². The highest BCUT2D eigenvalue weighted by atomic mass is 35.5. The second kappa shape index (κ2) is 2.40. The van der Waals surface area contributed by atoms with Gasteiger partial charge in [0.2, 0.25) is 0 Å². The molecule has 0 aromatic rings. The number of hydrogen-bond acceptors (Lipinski definition) is 1. The molecule has 1 aliphatic rings. The van der Waals surface area contributed by atoms with Crippen molar-refractivity contribution in [1.82, 2.24) is 5.32 Å². The van der Waals surface area contributed by atoms with Gasteiger partial charge in [-0.3, -0.25) is 0 Å². The molecule has 0 fully saturated rings. The van der Waals surface area contributed by atoms with Crippen LogP contribution in [-0.4, -0.2) is 6.04 Å². The minimum Gasteiger partial charge on any atom is -0.381 e. The van der Waals surface area contributed by atoms with Gasteiger partial charge >= 0.3 is 0 Å². The van der Waals surface area contributed by atoms with Crippen LogP contribution in [0.3, 0.4) is 0 Å². The average Bonchev–Trinajstić information content (AvgIpc) is 1.80. The standard InChI is InChI=1S/C6H7ClFN/c1-4-6(8)2-5(7)3-9-4/h2-4,9H,1H3. The van der Waals surface area contributed by atoms with E-state index in [2.05, 4.69) is 5.32 Å². The first kappa shape index (κ1) is 6.62. The molecule has 0 saturated carbocycles. The maximum atomic E-state index is 12.5. The van der Waals surface area contributed by atoms with E-state index in [1.165, 1.54) is 6.08 Å². The lowest BCUT2D eigenvalue weighted by atomic mass is 10.2. The summed E-state index contributed by atoms with van der Waals surface area (Å²) in [6.45, 7) is 1.73. The zero-order valence-electron chi connectivity index (χ0n) is 4.99. The molecule has 1 aliphatic heterocycles. The van der Waals surface area contributed by atoms with Gasteiger partial charge in [-0.2, -0.15) is 0 Å². The van der Waals surface area contributed by atoms with Gasteiger partial charge in [0.1, 0.15) is 5.83 Å². The van der Waals surface area contributed by atoms with E-state index in [0.29, 0.717) is 5.03 Å². The summed E-state index contributed by atoms with van der Waals surface area (Å²) in [4.78, 5) is 0. The van der Waals surface area contributed by atoms with Crippen LogP contribution in [0.15, 0.2) is 23.1 Å². The number of allylic oxidation sites excluding steroid dienone is 2. The lowest BCUT2D eigenvalue weighted by molar-refractivity contribution is 0.519. The summed E-state index contributed by atoms with van der Waals surface area (Å²) >= 11 is 5.46. The molecule has 0 aliphatic carbocycles. The molecule has 1 unspecified atom stereocenters. The van der Waals surface area contributed by atoms with Gasteiger partial charge in [0, 0.05) is 6.20 Å². The summed E-state index contributed by atoms with van der Waals surface area (Å²) in [6.07, 6.45) is 2.89. The minimum atomic E-state index is -0.229. The Morgan fingerprint density at radius 3 is 2.89 bits per heavy atom. The van der Waals surface area contributed by atoms with Crippen LogP contribution in [0.2, 0.25) is 0 Å². The van der Waals surface area contributed by atoms with Crippen LogP contribution in [-0.2, 0) is 0 Å². The van der Waals surface area contributed by atoms with Gasteiger partial charge in [-0.1, -0.05) is 11.6 Å². The molecule has 0 bridgehead atoms. The maximum absolute atomic E-state index is 12.5. The number of halogens is 2. The zero-order valence-corrected chi connectivity index (χ0v) is 5.74. The van der Waals surface area contributed by atoms with Crippen LogP contribution in [0.5, 0.6) is 0 Å². The smallest absolute Gasteiger partial charge is 0.123 e. The Kier molecular flexibility index (Phi) is 1.76. The second-order valence-corrected chi connectivity index (χ2v) is 2.38. The molecule has 0 spiro atoms. The summed E-state index contributed by atoms with van der Waals surface area (Å²) in [6, 6.07) is -0.229. The molecule has 1 heterocycles. The van der Waals surface area contributed by atoms with Gasteiger partial charge in [0.05, 0.1) is 11.1 Å². The molecule has 3 heteroatoms. The molecular formula is C6H7ClFN. The number of hydrogen-bond donors (Lipinski definition) is 1. The molecule has 1 atom stereocenters. The van der Waals surface area contributed by atoms with Crippen molar-refractivity contribution in [3.8, 4) is 0 Å². The van der Waals surface area contributed by atoms with E-state index in [4.69, 9.17) is 11.6 Å². The highest BCUT2D eigenvalue weighted by Gasteiger charge is 2.09. The first-order chi connectivity index (χ1) is 4.20. The molecule has 0 radical (unpaired) electrons. The Labute approximate surface area is 58.2 Å². The summed E-state index contributed by atoms with van der Waals surface area (Å²) < 4.78 is 12.5. The fraction of sp³-hybridized carbons (Fsp3) is 0.333. The quantitative estimate of drug-likeness (QED) is 0.552. The van der Waals surface area contributed by atoms with Crippen molar-refractivity contribution in [3.63, 3.8) is 0 Å². The third-order valence-electron chi connectivity index (χ3n) is 1.16. The third kappa shape index (κ3) is 1.45. The lowest BCUT2D eigenvalue weighted by Crippen LogP contribution is -2.23. The van der Waals surface area contributed by atoms with Crippen LogP contribution in [0.4, 0.5) is 4.39 Å². The average molecular weight is 148 g/mol. The monoisotopic (exact) mass is 147 g/mol. The van der Waals surface area contributed by atoms with Crippen LogP contribution in [0.25, 0.3) is 0 Å². The Hall–Kier alpha value is -0.500. The lowest BCUT2D eigenvalue weighted by Gasteiger charge is -2.13. The molecule has 50 valence electrons. The maximum Gasteiger partial charge on any atom is 0.123 e.